The van der Waals surface area contributed by atoms with Crippen LogP contribution in [0.4, 0.5) is 5.95 Å². The van der Waals surface area contributed by atoms with Gasteiger partial charge in [0.2, 0.25) is 5.95 Å². The van der Waals surface area contributed by atoms with Crippen molar-refractivity contribution in [1.29, 1.82) is 0 Å². The Morgan fingerprint density at radius 1 is 1.13 bits per heavy atom. The lowest BCUT2D eigenvalue weighted by Gasteiger charge is -2.33. The molecule has 0 spiro atoms. The molecule has 2 fully saturated rings. The Morgan fingerprint density at radius 3 is 2.43 bits per heavy atom. The molecule has 2 aromatic rings. The molecule has 0 unspecified atom stereocenters. The van der Waals surface area contributed by atoms with Gasteiger partial charge in [0.05, 0.1) is 18.2 Å². The largest absolute Gasteiger partial charge is 0.459 e. The molecule has 162 valence electrons. The summed E-state index contributed by atoms with van der Waals surface area (Å²) in [6.45, 7) is 5.08. The third-order valence-corrected chi connectivity index (χ3v) is 7.25. The summed E-state index contributed by atoms with van der Waals surface area (Å²) >= 11 is 0. The van der Waals surface area contributed by atoms with Gasteiger partial charge in [-0.25, -0.2) is 18.4 Å². The van der Waals surface area contributed by atoms with Gasteiger partial charge >= 0.3 is 0 Å². The van der Waals surface area contributed by atoms with Crippen LogP contribution in [0.5, 0.6) is 0 Å². The van der Waals surface area contributed by atoms with Crippen LogP contribution < -0.4 is 4.90 Å². The van der Waals surface area contributed by atoms with E-state index in [1.807, 2.05) is 0 Å². The minimum atomic E-state index is -3.44. The molecular weight excluding hydrogens is 404 g/mol. The van der Waals surface area contributed by atoms with E-state index in [0.717, 1.165) is 25.9 Å². The number of sulfone groups is 1. The maximum Gasteiger partial charge on any atom is 0.289 e. The highest BCUT2D eigenvalue weighted by Crippen LogP contribution is 2.33. The lowest BCUT2D eigenvalue weighted by Crippen LogP contribution is -2.38. The third-order valence-electron chi connectivity index (χ3n) is 6.14. The number of carbonyl (C=O) groups excluding carboxylic acids is 1. The van der Waals surface area contributed by atoms with Crippen molar-refractivity contribution < 1.29 is 17.6 Å². The van der Waals surface area contributed by atoms with Gasteiger partial charge < -0.3 is 14.2 Å². The number of anilines is 1. The zero-order chi connectivity index (χ0) is 21.3. The van der Waals surface area contributed by atoms with Crippen LogP contribution in [0.25, 0.3) is 0 Å². The minimum Gasteiger partial charge on any atom is -0.459 e. The minimum absolute atomic E-state index is 0.0270. The van der Waals surface area contributed by atoms with Gasteiger partial charge in [0.15, 0.2) is 15.6 Å². The van der Waals surface area contributed by atoms with Crippen LogP contribution in [0, 0.1) is 5.92 Å². The second kappa shape index (κ2) is 8.37. The van der Waals surface area contributed by atoms with Crippen molar-refractivity contribution in [3.05, 3.63) is 36.0 Å². The summed E-state index contributed by atoms with van der Waals surface area (Å²) in [7, 11) is -3.44. The number of amides is 1. The molecule has 0 aliphatic carbocycles. The zero-order valence-electron chi connectivity index (χ0n) is 17.5. The molecule has 4 rings (SSSR count). The molecule has 0 radical (unpaired) electrons. The molecule has 1 amide bonds. The Morgan fingerprint density at radius 2 is 1.83 bits per heavy atom. The van der Waals surface area contributed by atoms with Crippen molar-refractivity contribution in [3.8, 4) is 0 Å². The second-order valence-corrected chi connectivity index (χ2v) is 10.4. The normalized spacial score (nSPS) is 19.3. The fourth-order valence-electron chi connectivity index (χ4n) is 4.23. The highest BCUT2D eigenvalue weighted by molar-refractivity contribution is 7.90. The van der Waals surface area contributed by atoms with Crippen LogP contribution >= 0.6 is 0 Å². The summed E-state index contributed by atoms with van der Waals surface area (Å²) < 4.78 is 30.0. The number of piperidine rings is 2. The molecule has 2 aliphatic rings. The molecule has 0 aromatic carbocycles. The molecule has 0 atom stereocenters. The van der Waals surface area contributed by atoms with E-state index in [1.54, 1.807) is 17.0 Å². The number of likely N-dealkylation sites (tertiary alicyclic amines) is 1. The van der Waals surface area contributed by atoms with Crippen molar-refractivity contribution in [2.45, 2.75) is 43.4 Å². The molecule has 2 aromatic heterocycles. The maximum atomic E-state index is 12.5. The number of aromatic nitrogens is 2. The van der Waals surface area contributed by atoms with E-state index in [1.165, 1.54) is 18.7 Å². The number of hydrogen-bond donors (Lipinski definition) is 0. The van der Waals surface area contributed by atoms with E-state index in [-0.39, 0.29) is 16.7 Å². The van der Waals surface area contributed by atoms with Crippen LogP contribution in [0.3, 0.4) is 0 Å². The first-order chi connectivity index (χ1) is 14.3. The molecule has 0 bridgehead atoms. The summed E-state index contributed by atoms with van der Waals surface area (Å²) in [5.41, 5.74) is 0.589. The zero-order valence-corrected chi connectivity index (χ0v) is 18.3. The molecule has 2 saturated heterocycles. The van der Waals surface area contributed by atoms with E-state index in [0.29, 0.717) is 49.3 Å². The average molecular weight is 433 g/mol. The molecule has 0 saturated carbocycles. The van der Waals surface area contributed by atoms with E-state index in [9.17, 15) is 13.2 Å². The Balaban J connectivity index is 1.55. The SMILES string of the molecule is CC1CCN(c2ncc(S(C)(=O)=O)c(C3CCN(C(=O)c4ccco4)CC3)n2)CC1. The van der Waals surface area contributed by atoms with Crippen molar-refractivity contribution in [3.63, 3.8) is 0 Å². The van der Waals surface area contributed by atoms with Crippen LogP contribution in [-0.4, -0.2) is 61.6 Å². The molecular formula is C21H28N4O4S. The van der Waals surface area contributed by atoms with Gasteiger partial charge in [-0.1, -0.05) is 6.92 Å². The molecule has 4 heterocycles. The predicted octanol–water partition coefficient (Wildman–Crippen LogP) is 2.73. The van der Waals surface area contributed by atoms with Gasteiger partial charge in [0, 0.05) is 38.4 Å². The summed E-state index contributed by atoms with van der Waals surface area (Å²) in [6, 6.07) is 3.36. The summed E-state index contributed by atoms with van der Waals surface area (Å²) in [6.07, 6.45) is 7.63. The van der Waals surface area contributed by atoms with E-state index in [2.05, 4.69) is 16.8 Å². The highest BCUT2D eigenvalue weighted by atomic mass is 32.2. The quantitative estimate of drug-likeness (QED) is 0.733. The second-order valence-electron chi connectivity index (χ2n) is 8.41. The summed E-state index contributed by atoms with van der Waals surface area (Å²) in [5.74, 6) is 1.47. The topological polar surface area (TPSA) is 96.6 Å². The average Bonchev–Trinajstić information content (AvgIpc) is 3.28. The first kappa shape index (κ1) is 20.8. The van der Waals surface area contributed by atoms with Gasteiger partial charge in [-0.2, -0.15) is 0 Å². The maximum absolute atomic E-state index is 12.5. The highest BCUT2D eigenvalue weighted by Gasteiger charge is 2.31. The van der Waals surface area contributed by atoms with Crippen LogP contribution in [-0.2, 0) is 9.84 Å². The molecule has 9 heteroatoms. The van der Waals surface area contributed by atoms with E-state index in [4.69, 9.17) is 9.40 Å². The van der Waals surface area contributed by atoms with Crippen LogP contribution in [0.2, 0.25) is 0 Å². The smallest absolute Gasteiger partial charge is 0.289 e. The fraction of sp³-hybridized carbons (Fsp3) is 0.571. The number of carbonyl (C=O) groups is 1. The molecule has 0 N–H and O–H groups in total. The van der Waals surface area contributed by atoms with Crippen LogP contribution in [0.15, 0.2) is 33.9 Å². The van der Waals surface area contributed by atoms with Crippen molar-refractivity contribution in [2.75, 3.05) is 37.3 Å². The van der Waals surface area contributed by atoms with E-state index >= 15 is 0 Å². The predicted molar refractivity (Wildman–Crippen MR) is 112 cm³/mol. The van der Waals surface area contributed by atoms with Crippen LogP contribution in [0.1, 0.15) is 54.8 Å². The van der Waals surface area contributed by atoms with Gasteiger partial charge in [-0.15, -0.1) is 0 Å². The van der Waals surface area contributed by atoms with Gasteiger partial charge in [0.1, 0.15) is 4.90 Å². The molecule has 2 aliphatic heterocycles. The third kappa shape index (κ3) is 4.35. The van der Waals surface area contributed by atoms with E-state index < -0.39 is 9.84 Å². The summed E-state index contributed by atoms with van der Waals surface area (Å²) in [5, 5.41) is 0. The Labute approximate surface area is 177 Å². The fourth-order valence-corrected chi connectivity index (χ4v) is 5.06. The number of rotatable bonds is 4. The van der Waals surface area contributed by atoms with Crippen molar-refractivity contribution >= 4 is 21.7 Å². The van der Waals surface area contributed by atoms with Gasteiger partial charge in [0.25, 0.3) is 5.91 Å². The van der Waals surface area contributed by atoms with Crippen molar-refractivity contribution in [2.24, 2.45) is 5.92 Å². The Kier molecular flexibility index (Phi) is 5.81. The standard InChI is InChI=1S/C21H28N4O4S/c1-15-5-9-25(10-6-15)21-22-14-18(30(2,27)28)19(23-21)16-7-11-24(12-8-16)20(26)17-4-3-13-29-17/h3-4,13-16H,5-12H2,1-2H3. The number of hydrogen-bond acceptors (Lipinski definition) is 7. The Hall–Kier alpha value is -2.42. The monoisotopic (exact) mass is 432 g/mol. The van der Waals surface area contributed by atoms with Crippen molar-refractivity contribution in [1.82, 2.24) is 14.9 Å². The number of furan rings is 1. The lowest BCUT2D eigenvalue weighted by atomic mass is 9.93. The number of nitrogens with zero attached hydrogens (tertiary/aromatic N) is 4. The first-order valence-corrected chi connectivity index (χ1v) is 12.4. The molecule has 30 heavy (non-hydrogen) atoms. The summed E-state index contributed by atoms with van der Waals surface area (Å²) in [4.78, 5) is 25.8. The van der Waals surface area contributed by atoms with Gasteiger partial charge in [-0.3, -0.25) is 4.79 Å². The van der Waals surface area contributed by atoms with Gasteiger partial charge in [-0.05, 0) is 43.7 Å². The lowest BCUT2D eigenvalue weighted by molar-refractivity contribution is 0.0679. The Bertz CT molecular complexity index is 990. The molecule has 8 nitrogen and oxygen atoms in total. The first-order valence-electron chi connectivity index (χ1n) is 10.5.